The molecule has 0 saturated heterocycles. The Morgan fingerprint density at radius 1 is 1.44 bits per heavy atom. The van der Waals surface area contributed by atoms with E-state index in [1.807, 2.05) is 6.07 Å². The molecule has 1 amide bonds. The average molecular weight is 399 g/mol. The van der Waals surface area contributed by atoms with Gasteiger partial charge in [0.05, 0.1) is 15.3 Å². The molecule has 0 saturated carbocycles. The van der Waals surface area contributed by atoms with Gasteiger partial charge in [0, 0.05) is 17.1 Å². The van der Waals surface area contributed by atoms with E-state index in [9.17, 15) is 4.79 Å². The van der Waals surface area contributed by atoms with Crippen LogP contribution < -0.4 is 0 Å². The second-order valence-electron chi connectivity index (χ2n) is 3.92. The van der Waals surface area contributed by atoms with Crippen molar-refractivity contribution in [3.8, 4) is 0 Å². The second-order valence-corrected chi connectivity index (χ2v) is 7.15. The first-order chi connectivity index (χ1) is 8.54. The summed E-state index contributed by atoms with van der Waals surface area (Å²) in [6.45, 7) is 4.51. The van der Waals surface area contributed by atoms with Gasteiger partial charge in [-0.25, -0.2) is 0 Å². The van der Waals surface area contributed by atoms with Crippen molar-refractivity contribution in [1.82, 2.24) is 4.90 Å². The summed E-state index contributed by atoms with van der Waals surface area (Å²) in [5.74, 6) is -0.00542. The molecule has 0 atom stereocenters. The Hall–Kier alpha value is 0.0900. The standard InChI is InChI=1S/C12H17Br2NO2S/c1-3-8(4-2)15(5-6-16)12(17)10-7-9(13)11(14)18-10/h7-8,16H,3-6H2,1-2H3. The first-order valence-corrected chi connectivity index (χ1v) is 8.32. The molecule has 102 valence electrons. The molecule has 3 nitrogen and oxygen atoms in total. The number of carbonyl (C=O) groups is 1. The first kappa shape index (κ1) is 16.1. The first-order valence-electron chi connectivity index (χ1n) is 5.91. The zero-order valence-electron chi connectivity index (χ0n) is 10.4. The van der Waals surface area contributed by atoms with Crippen LogP contribution in [0, 0.1) is 0 Å². The highest BCUT2D eigenvalue weighted by atomic mass is 79.9. The molecule has 0 unspecified atom stereocenters. The summed E-state index contributed by atoms with van der Waals surface area (Å²) in [5.41, 5.74) is 0. The largest absolute Gasteiger partial charge is 0.395 e. The summed E-state index contributed by atoms with van der Waals surface area (Å²) in [5, 5.41) is 9.12. The van der Waals surface area contributed by atoms with E-state index in [-0.39, 0.29) is 18.6 Å². The molecule has 18 heavy (non-hydrogen) atoms. The Balaban J connectivity index is 2.94. The summed E-state index contributed by atoms with van der Waals surface area (Å²) in [6.07, 6.45) is 1.80. The second kappa shape index (κ2) is 7.62. The molecule has 0 aliphatic carbocycles. The van der Waals surface area contributed by atoms with Crippen LogP contribution in [0.1, 0.15) is 36.4 Å². The third-order valence-corrected chi connectivity index (χ3v) is 6.09. The van der Waals surface area contributed by atoms with Crippen molar-refractivity contribution in [3.05, 3.63) is 19.2 Å². The van der Waals surface area contributed by atoms with Crippen LogP contribution in [0.3, 0.4) is 0 Å². The van der Waals surface area contributed by atoms with E-state index in [0.29, 0.717) is 11.4 Å². The molecule has 0 spiro atoms. The fourth-order valence-corrected chi connectivity index (χ4v) is 3.87. The Morgan fingerprint density at radius 2 is 2.06 bits per heavy atom. The van der Waals surface area contributed by atoms with Crippen molar-refractivity contribution in [2.75, 3.05) is 13.2 Å². The summed E-state index contributed by atoms with van der Waals surface area (Å²) in [7, 11) is 0. The molecule has 1 rings (SSSR count). The minimum Gasteiger partial charge on any atom is -0.395 e. The van der Waals surface area contributed by atoms with Crippen molar-refractivity contribution in [2.24, 2.45) is 0 Å². The number of rotatable bonds is 6. The van der Waals surface area contributed by atoms with E-state index in [1.165, 1.54) is 11.3 Å². The van der Waals surface area contributed by atoms with Gasteiger partial charge in [0.1, 0.15) is 0 Å². The zero-order valence-corrected chi connectivity index (χ0v) is 14.4. The van der Waals surface area contributed by atoms with Crippen molar-refractivity contribution in [1.29, 1.82) is 0 Å². The molecular weight excluding hydrogens is 382 g/mol. The van der Waals surface area contributed by atoms with Gasteiger partial charge in [-0.05, 0) is 50.8 Å². The minimum atomic E-state index is -0.00542. The molecule has 0 aromatic carbocycles. The predicted octanol–water partition coefficient (Wildman–Crippen LogP) is 3.90. The number of hydrogen-bond donors (Lipinski definition) is 1. The molecule has 1 heterocycles. The van der Waals surface area contributed by atoms with Crippen LogP contribution in [0.25, 0.3) is 0 Å². The third-order valence-electron chi connectivity index (χ3n) is 2.84. The maximum absolute atomic E-state index is 12.4. The van der Waals surface area contributed by atoms with Crippen LogP contribution in [0.4, 0.5) is 0 Å². The van der Waals surface area contributed by atoms with Crippen LogP contribution in [0.2, 0.25) is 0 Å². The van der Waals surface area contributed by atoms with Crippen LogP contribution in [0.5, 0.6) is 0 Å². The lowest BCUT2D eigenvalue weighted by Gasteiger charge is -2.29. The molecule has 1 aromatic rings. The van der Waals surface area contributed by atoms with Gasteiger partial charge in [0.25, 0.3) is 5.91 Å². The Morgan fingerprint density at radius 3 is 2.44 bits per heavy atom. The summed E-state index contributed by atoms with van der Waals surface area (Å²) < 4.78 is 1.81. The molecule has 6 heteroatoms. The number of aliphatic hydroxyl groups excluding tert-OH is 1. The maximum atomic E-state index is 12.4. The molecule has 1 N–H and O–H groups in total. The van der Waals surface area contributed by atoms with E-state index in [4.69, 9.17) is 5.11 Å². The van der Waals surface area contributed by atoms with Gasteiger partial charge in [0.2, 0.25) is 0 Å². The quantitative estimate of drug-likeness (QED) is 0.789. The van der Waals surface area contributed by atoms with Crippen molar-refractivity contribution in [2.45, 2.75) is 32.7 Å². The average Bonchev–Trinajstić information content (AvgIpc) is 2.69. The number of amides is 1. The van der Waals surface area contributed by atoms with Gasteiger partial charge in [-0.15, -0.1) is 11.3 Å². The number of nitrogens with zero attached hydrogens (tertiary/aromatic N) is 1. The zero-order chi connectivity index (χ0) is 13.7. The highest BCUT2D eigenvalue weighted by Gasteiger charge is 2.23. The summed E-state index contributed by atoms with van der Waals surface area (Å²) in [6, 6.07) is 2.01. The normalized spacial score (nSPS) is 11.0. The van der Waals surface area contributed by atoms with Gasteiger partial charge in [-0.3, -0.25) is 4.79 Å². The highest BCUT2D eigenvalue weighted by molar-refractivity contribution is 9.13. The van der Waals surface area contributed by atoms with Gasteiger partial charge in [-0.2, -0.15) is 0 Å². The highest BCUT2D eigenvalue weighted by Crippen LogP contribution is 2.33. The molecule has 0 fully saturated rings. The van der Waals surface area contributed by atoms with Gasteiger partial charge >= 0.3 is 0 Å². The van der Waals surface area contributed by atoms with Crippen LogP contribution >= 0.6 is 43.2 Å². The van der Waals surface area contributed by atoms with Crippen LogP contribution in [0.15, 0.2) is 14.3 Å². The lowest BCUT2D eigenvalue weighted by molar-refractivity contribution is 0.0627. The van der Waals surface area contributed by atoms with Crippen LogP contribution in [-0.2, 0) is 0 Å². The lowest BCUT2D eigenvalue weighted by Crippen LogP contribution is -2.41. The van der Waals surface area contributed by atoms with Gasteiger partial charge in [-0.1, -0.05) is 13.8 Å². The molecule has 0 bridgehead atoms. The fourth-order valence-electron chi connectivity index (χ4n) is 1.88. The van der Waals surface area contributed by atoms with Crippen LogP contribution in [-0.4, -0.2) is 35.1 Å². The maximum Gasteiger partial charge on any atom is 0.264 e. The molecule has 1 aromatic heterocycles. The predicted molar refractivity (Wildman–Crippen MR) is 82.2 cm³/mol. The molecule has 0 radical (unpaired) electrons. The Bertz CT molecular complexity index is 385. The summed E-state index contributed by atoms with van der Waals surface area (Å²) >= 11 is 8.19. The molecular formula is C12H17Br2NO2S. The minimum absolute atomic E-state index is 0.00401. The molecule has 0 aliphatic rings. The Labute approximate surface area is 128 Å². The lowest BCUT2D eigenvalue weighted by atomic mass is 10.1. The van der Waals surface area contributed by atoms with E-state index in [1.54, 1.807) is 4.90 Å². The van der Waals surface area contributed by atoms with Crippen molar-refractivity contribution >= 4 is 49.1 Å². The molecule has 0 aliphatic heterocycles. The monoisotopic (exact) mass is 397 g/mol. The smallest absolute Gasteiger partial charge is 0.264 e. The van der Waals surface area contributed by atoms with E-state index >= 15 is 0 Å². The van der Waals surface area contributed by atoms with E-state index < -0.39 is 0 Å². The number of thiophene rings is 1. The van der Waals surface area contributed by atoms with Gasteiger partial charge < -0.3 is 10.0 Å². The fraction of sp³-hybridized carbons (Fsp3) is 0.583. The number of halogens is 2. The SMILES string of the molecule is CCC(CC)N(CCO)C(=O)c1cc(Br)c(Br)s1. The van der Waals surface area contributed by atoms with Gasteiger partial charge in [0.15, 0.2) is 0 Å². The number of carbonyl (C=O) groups excluding carboxylic acids is 1. The third kappa shape index (κ3) is 3.79. The summed E-state index contributed by atoms with van der Waals surface area (Å²) in [4.78, 5) is 14.9. The van der Waals surface area contributed by atoms with Crippen molar-refractivity contribution < 1.29 is 9.90 Å². The Kier molecular flexibility index (Phi) is 6.84. The topological polar surface area (TPSA) is 40.5 Å². The van der Waals surface area contributed by atoms with E-state index in [0.717, 1.165) is 21.1 Å². The van der Waals surface area contributed by atoms with Crippen molar-refractivity contribution in [3.63, 3.8) is 0 Å². The van der Waals surface area contributed by atoms with E-state index in [2.05, 4.69) is 45.7 Å². The number of hydrogen-bond acceptors (Lipinski definition) is 3. The number of aliphatic hydroxyl groups is 1.